The summed E-state index contributed by atoms with van der Waals surface area (Å²) in [4.78, 5) is 25.0. The summed E-state index contributed by atoms with van der Waals surface area (Å²) in [5, 5.41) is 10.5. The monoisotopic (exact) mass is 379 g/mol. The van der Waals surface area contributed by atoms with Gasteiger partial charge in [-0.1, -0.05) is 11.6 Å². The Hall–Kier alpha value is -2.12. The van der Waals surface area contributed by atoms with Crippen molar-refractivity contribution < 1.29 is 45.3 Å². The second-order valence-corrected chi connectivity index (χ2v) is 5.55. The van der Waals surface area contributed by atoms with Gasteiger partial charge in [0.25, 0.3) is 5.75 Å². The highest BCUT2D eigenvalue weighted by molar-refractivity contribution is 7.87. The Bertz CT molecular complexity index is 748. The van der Waals surface area contributed by atoms with Crippen LogP contribution in [0.3, 0.4) is 0 Å². The number of nitrogens with zero attached hydrogens (tertiary/aromatic N) is 1. The lowest BCUT2D eigenvalue weighted by molar-refractivity contribution is -0.387. The van der Waals surface area contributed by atoms with Crippen LogP contribution >= 0.6 is 11.6 Å². The van der Waals surface area contributed by atoms with Crippen LogP contribution in [-0.4, -0.2) is 31.9 Å². The first-order valence-electron chi connectivity index (χ1n) is 5.14. The minimum atomic E-state index is -6.23. The number of nitro groups is 1. The van der Waals surface area contributed by atoms with E-state index in [1.807, 2.05) is 0 Å². The van der Waals surface area contributed by atoms with Crippen molar-refractivity contribution in [1.82, 2.24) is 0 Å². The molecule has 1 aromatic carbocycles. The molecule has 0 amide bonds. The van der Waals surface area contributed by atoms with Gasteiger partial charge in [0.1, 0.15) is 5.56 Å². The summed E-state index contributed by atoms with van der Waals surface area (Å²) >= 11 is 5.52. The number of halogens is 4. The molecule has 9 nitrogen and oxygen atoms in total. The predicted octanol–water partition coefficient (Wildman–Crippen LogP) is 2.19. The number of ether oxygens (including phenoxy) is 1. The first-order chi connectivity index (χ1) is 10.4. The Morgan fingerprint density at radius 3 is 2.35 bits per heavy atom. The SMILES string of the molecule is COC(=O)c1cc(Cl)cc([N+](=O)[O-])c1OOS(=O)(=O)C(F)(F)F. The maximum absolute atomic E-state index is 12.1. The van der Waals surface area contributed by atoms with E-state index in [0.29, 0.717) is 6.07 Å². The number of carbonyl (C=O) groups is 1. The van der Waals surface area contributed by atoms with Gasteiger partial charge in [-0.2, -0.15) is 21.6 Å². The first-order valence-corrected chi connectivity index (χ1v) is 6.93. The molecule has 1 aromatic rings. The third-order valence-electron chi connectivity index (χ3n) is 2.13. The number of carbonyl (C=O) groups excluding carboxylic acids is 1. The van der Waals surface area contributed by atoms with Crippen molar-refractivity contribution in [3.05, 3.63) is 32.8 Å². The molecule has 0 spiro atoms. The van der Waals surface area contributed by atoms with Crippen LogP contribution in [-0.2, 0) is 19.2 Å². The quantitative estimate of drug-likeness (QED) is 0.251. The standard InChI is InChI=1S/C9H5ClF3NO8S/c1-20-8(15)5-2-4(10)3-6(14(16)17)7(5)21-22-23(18,19)9(11,12)13/h2-3H,1H3. The van der Waals surface area contributed by atoms with Gasteiger partial charge in [-0.25, -0.2) is 4.79 Å². The molecule has 0 N–H and O–H groups in total. The number of esters is 1. The van der Waals surface area contributed by atoms with E-state index in [2.05, 4.69) is 14.0 Å². The average molecular weight is 380 g/mol. The van der Waals surface area contributed by atoms with E-state index in [4.69, 9.17) is 11.6 Å². The molecule has 0 aromatic heterocycles. The molecule has 0 radical (unpaired) electrons. The van der Waals surface area contributed by atoms with Crippen LogP contribution < -0.4 is 4.89 Å². The molecule has 0 unspecified atom stereocenters. The lowest BCUT2D eigenvalue weighted by Gasteiger charge is -2.10. The number of benzene rings is 1. The Labute approximate surface area is 130 Å². The largest absolute Gasteiger partial charge is 0.526 e. The molecule has 0 aliphatic heterocycles. The number of hydrogen-bond acceptors (Lipinski definition) is 8. The molecule has 128 valence electrons. The van der Waals surface area contributed by atoms with E-state index in [1.165, 1.54) is 0 Å². The molecule has 0 heterocycles. The van der Waals surface area contributed by atoms with Gasteiger partial charge >= 0.3 is 27.3 Å². The Balaban J connectivity index is 3.39. The van der Waals surface area contributed by atoms with Crippen LogP contribution in [0.4, 0.5) is 18.9 Å². The topological polar surface area (TPSA) is 122 Å². The molecule has 0 fully saturated rings. The summed E-state index contributed by atoms with van der Waals surface area (Å²) < 4.78 is 65.4. The molecule has 14 heteroatoms. The fourth-order valence-corrected chi connectivity index (χ4v) is 1.63. The fourth-order valence-electron chi connectivity index (χ4n) is 1.18. The predicted molar refractivity (Wildman–Crippen MR) is 66.1 cm³/mol. The molecule has 0 bridgehead atoms. The van der Waals surface area contributed by atoms with E-state index in [1.54, 1.807) is 0 Å². The van der Waals surface area contributed by atoms with Crippen LogP contribution in [0, 0.1) is 10.1 Å². The number of alkyl halides is 3. The smallest absolute Gasteiger partial charge is 0.465 e. The zero-order chi connectivity index (χ0) is 18.0. The van der Waals surface area contributed by atoms with E-state index < -0.39 is 43.5 Å². The highest BCUT2D eigenvalue weighted by Gasteiger charge is 2.49. The van der Waals surface area contributed by atoms with Gasteiger partial charge in [0.15, 0.2) is 0 Å². The van der Waals surface area contributed by atoms with E-state index in [0.717, 1.165) is 13.2 Å². The van der Waals surface area contributed by atoms with Crippen molar-refractivity contribution in [3.63, 3.8) is 0 Å². The average Bonchev–Trinajstić information content (AvgIpc) is 2.42. The normalized spacial score (nSPS) is 11.9. The highest BCUT2D eigenvalue weighted by atomic mass is 35.5. The first kappa shape index (κ1) is 18.9. The lowest BCUT2D eigenvalue weighted by Crippen LogP contribution is -2.27. The molecule has 0 saturated heterocycles. The molecule has 1 rings (SSSR count). The van der Waals surface area contributed by atoms with E-state index in [9.17, 15) is 36.5 Å². The molecule has 0 atom stereocenters. The molecule has 0 saturated carbocycles. The van der Waals surface area contributed by atoms with Crippen molar-refractivity contribution >= 4 is 33.4 Å². The zero-order valence-electron chi connectivity index (χ0n) is 10.8. The Morgan fingerprint density at radius 1 is 1.35 bits per heavy atom. The maximum atomic E-state index is 12.1. The Morgan fingerprint density at radius 2 is 1.91 bits per heavy atom. The lowest BCUT2D eigenvalue weighted by atomic mass is 10.1. The van der Waals surface area contributed by atoms with Gasteiger partial charge in [-0.05, 0) is 10.4 Å². The van der Waals surface area contributed by atoms with Crippen LogP contribution in [0.2, 0.25) is 5.02 Å². The van der Waals surface area contributed by atoms with Gasteiger partial charge in [-0.3, -0.25) is 10.1 Å². The highest BCUT2D eigenvalue weighted by Crippen LogP contribution is 2.36. The van der Waals surface area contributed by atoms with Crippen LogP contribution in [0.15, 0.2) is 12.1 Å². The summed E-state index contributed by atoms with van der Waals surface area (Å²) in [5.74, 6) is -2.52. The summed E-state index contributed by atoms with van der Waals surface area (Å²) in [5.41, 5.74) is -7.78. The summed E-state index contributed by atoms with van der Waals surface area (Å²) in [6.45, 7) is 0. The molecule has 0 aliphatic carbocycles. The molecular weight excluding hydrogens is 375 g/mol. The van der Waals surface area contributed by atoms with Gasteiger partial charge < -0.3 is 9.62 Å². The Kier molecular flexibility index (Phi) is 5.39. The third kappa shape index (κ3) is 4.20. The molecular formula is C9H5ClF3NO8S. The second-order valence-electron chi connectivity index (χ2n) is 3.60. The van der Waals surface area contributed by atoms with Crippen molar-refractivity contribution in [3.8, 4) is 5.75 Å². The van der Waals surface area contributed by atoms with Crippen molar-refractivity contribution in [2.75, 3.05) is 7.11 Å². The summed E-state index contributed by atoms with van der Waals surface area (Å²) in [7, 11) is -5.37. The van der Waals surface area contributed by atoms with Gasteiger partial charge in [0.05, 0.1) is 12.0 Å². The van der Waals surface area contributed by atoms with E-state index >= 15 is 0 Å². The maximum Gasteiger partial charge on any atom is 0.526 e. The molecule has 23 heavy (non-hydrogen) atoms. The van der Waals surface area contributed by atoms with E-state index in [-0.39, 0.29) is 5.02 Å². The second kappa shape index (κ2) is 6.55. The van der Waals surface area contributed by atoms with Crippen molar-refractivity contribution in [1.29, 1.82) is 0 Å². The van der Waals surface area contributed by atoms with Crippen LogP contribution in [0.1, 0.15) is 10.4 Å². The van der Waals surface area contributed by atoms with Crippen molar-refractivity contribution in [2.24, 2.45) is 0 Å². The van der Waals surface area contributed by atoms with Gasteiger partial charge in [0, 0.05) is 11.1 Å². The number of rotatable bonds is 5. The third-order valence-corrected chi connectivity index (χ3v) is 3.16. The number of methoxy groups -OCH3 is 1. The molecule has 0 aliphatic rings. The fraction of sp³-hybridized carbons (Fsp3) is 0.222. The summed E-state index contributed by atoms with van der Waals surface area (Å²) in [6.07, 6.45) is 0. The zero-order valence-corrected chi connectivity index (χ0v) is 12.4. The van der Waals surface area contributed by atoms with Crippen molar-refractivity contribution in [2.45, 2.75) is 5.51 Å². The number of hydrogen-bond donors (Lipinski definition) is 0. The van der Waals surface area contributed by atoms with Gasteiger partial charge in [0.2, 0.25) is 0 Å². The summed E-state index contributed by atoms with van der Waals surface area (Å²) in [6, 6.07) is 1.35. The minimum absolute atomic E-state index is 0.358. The van der Waals surface area contributed by atoms with Gasteiger partial charge in [-0.15, -0.1) is 0 Å². The number of nitro benzene ring substituents is 1. The minimum Gasteiger partial charge on any atom is -0.465 e. The van der Waals surface area contributed by atoms with Crippen LogP contribution in [0.25, 0.3) is 0 Å². The van der Waals surface area contributed by atoms with Crippen LogP contribution in [0.5, 0.6) is 5.75 Å².